The Kier molecular flexibility index (Phi) is 6.91. The minimum absolute atomic E-state index is 0.0931. The van der Waals surface area contributed by atoms with Crippen molar-refractivity contribution in [2.45, 2.75) is 6.42 Å². The van der Waals surface area contributed by atoms with Crippen LogP contribution in [0.15, 0.2) is 48.5 Å². The number of likely N-dealkylation sites (N-methyl/N-ethyl adjacent to an activating group) is 1. The highest BCUT2D eigenvalue weighted by atomic mass is 35.5. The van der Waals surface area contributed by atoms with Gasteiger partial charge in [-0.2, -0.15) is 0 Å². The van der Waals surface area contributed by atoms with E-state index in [1.165, 1.54) is 18.2 Å². The van der Waals surface area contributed by atoms with Crippen LogP contribution in [-0.2, 0) is 9.59 Å². The second-order valence-electron chi connectivity index (χ2n) is 5.57. The number of halogens is 2. The minimum Gasteiger partial charge on any atom is -0.325 e. The van der Waals surface area contributed by atoms with Crippen molar-refractivity contribution in [3.63, 3.8) is 0 Å². The zero-order valence-corrected chi connectivity index (χ0v) is 14.5. The second kappa shape index (κ2) is 9.15. The third kappa shape index (κ3) is 6.52. The first-order valence-corrected chi connectivity index (χ1v) is 8.10. The molecule has 0 aliphatic heterocycles. The van der Waals surface area contributed by atoms with Gasteiger partial charge < -0.3 is 10.6 Å². The van der Waals surface area contributed by atoms with Crippen molar-refractivity contribution in [3.05, 3.63) is 59.4 Å². The van der Waals surface area contributed by atoms with Crippen LogP contribution < -0.4 is 10.6 Å². The van der Waals surface area contributed by atoms with E-state index < -0.39 is 5.82 Å². The average molecular weight is 364 g/mol. The van der Waals surface area contributed by atoms with Crippen LogP contribution in [0.4, 0.5) is 15.8 Å². The van der Waals surface area contributed by atoms with E-state index >= 15 is 0 Å². The maximum absolute atomic E-state index is 13.1. The second-order valence-corrected chi connectivity index (χ2v) is 5.98. The lowest BCUT2D eigenvalue weighted by atomic mass is 10.3. The quantitative estimate of drug-likeness (QED) is 0.792. The summed E-state index contributed by atoms with van der Waals surface area (Å²) in [6.07, 6.45) is 0.217. The third-order valence-corrected chi connectivity index (χ3v) is 3.72. The van der Waals surface area contributed by atoms with Crippen LogP contribution in [0.5, 0.6) is 0 Å². The molecule has 2 N–H and O–H groups in total. The fourth-order valence-electron chi connectivity index (χ4n) is 2.16. The summed E-state index contributed by atoms with van der Waals surface area (Å²) in [5, 5.41) is 5.81. The Bertz CT molecular complexity index is 755. The molecule has 2 aromatic carbocycles. The number of hydrogen-bond acceptors (Lipinski definition) is 3. The zero-order chi connectivity index (χ0) is 18.2. The van der Waals surface area contributed by atoms with Gasteiger partial charge in [-0.3, -0.25) is 14.5 Å². The topological polar surface area (TPSA) is 61.4 Å². The standard InChI is InChI=1S/C18H19ClFN3O2/c1-23(12-18(25)21-14-6-4-5-13(20)11-14)10-9-17(24)22-16-8-3-2-7-15(16)19/h2-8,11H,9-10,12H2,1H3,(H,21,25)(H,22,24). The monoisotopic (exact) mass is 363 g/mol. The highest BCUT2D eigenvalue weighted by Gasteiger charge is 2.10. The number of para-hydroxylation sites is 1. The summed E-state index contributed by atoms with van der Waals surface area (Å²) in [6, 6.07) is 12.7. The van der Waals surface area contributed by atoms with Crippen molar-refractivity contribution in [2.75, 3.05) is 30.8 Å². The number of carbonyl (C=O) groups is 2. The summed E-state index contributed by atoms with van der Waals surface area (Å²) in [6.45, 7) is 0.489. The number of nitrogens with zero attached hydrogens (tertiary/aromatic N) is 1. The maximum atomic E-state index is 13.1. The normalized spacial score (nSPS) is 10.6. The molecule has 0 aromatic heterocycles. The highest BCUT2D eigenvalue weighted by Crippen LogP contribution is 2.20. The number of hydrogen-bond donors (Lipinski definition) is 2. The smallest absolute Gasteiger partial charge is 0.238 e. The molecular weight excluding hydrogens is 345 g/mol. The van der Waals surface area contributed by atoms with Gasteiger partial charge in [0.1, 0.15) is 5.82 Å². The SMILES string of the molecule is CN(CCC(=O)Nc1ccccc1Cl)CC(=O)Nc1cccc(F)c1. The van der Waals surface area contributed by atoms with Gasteiger partial charge in [-0.05, 0) is 37.4 Å². The molecule has 0 radical (unpaired) electrons. The van der Waals surface area contributed by atoms with Gasteiger partial charge in [-0.25, -0.2) is 4.39 Å². The van der Waals surface area contributed by atoms with Gasteiger partial charge in [0, 0.05) is 18.7 Å². The van der Waals surface area contributed by atoms with E-state index in [1.807, 2.05) is 0 Å². The molecule has 0 aliphatic carbocycles. The zero-order valence-electron chi connectivity index (χ0n) is 13.8. The molecule has 2 rings (SSSR count). The van der Waals surface area contributed by atoms with Gasteiger partial charge in [-0.1, -0.05) is 29.8 Å². The first kappa shape index (κ1) is 18.9. The van der Waals surface area contributed by atoms with Crippen molar-refractivity contribution in [1.82, 2.24) is 4.90 Å². The van der Waals surface area contributed by atoms with Gasteiger partial charge >= 0.3 is 0 Å². The summed E-state index contributed by atoms with van der Waals surface area (Å²) in [4.78, 5) is 25.6. The molecular formula is C18H19ClFN3O2. The molecule has 0 unspecified atom stereocenters. The summed E-state index contributed by atoms with van der Waals surface area (Å²) in [7, 11) is 1.73. The first-order valence-electron chi connectivity index (χ1n) is 7.72. The molecule has 5 nitrogen and oxygen atoms in total. The van der Waals surface area contributed by atoms with Gasteiger partial charge in [0.25, 0.3) is 0 Å². The summed E-state index contributed by atoms with van der Waals surface area (Å²) >= 11 is 5.98. The van der Waals surface area contributed by atoms with Gasteiger partial charge in [-0.15, -0.1) is 0 Å². The molecule has 2 aromatic rings. The fraction of sp³-hybridized carbons (Fsp3) is 0.222. The molecule has 0 spiro atoms. The van der Waals surface area contributed by atoms with Crippen LogP contribution >= 0.6 is 11.6 Å². The van der Waals surface area contributed by atoms with Crippen LogP contribution in [0.3, 0.4) is 0 Å². The molecule has 2 amide bonds. The molecule has 0 saturated carbocycles. The van der Waals surface area contributed by atoms with Crippen molar-refractivity contribution < 1.29 is 14.0 Å². The van der Waals surface area contributed by atoms with Crippen molar-refractivity contribution in [1.29, 1.82) is 0 Å². The molecule has 0 heterocycles. The van der Waals surface area contributed by atoms with E-state index in [2.05, 4.69) is 10.6 Å². The summed E-state index contributed by atoms with van der Waals surface area (Å²) < 4.78 is 13.1. The lowest BCUT2D eigenvalue weighted by Gasteiger charge is -2.16. The predicted molar refractivity (Wildman–Crippen MR) is 97.2 cm³/mol. The number of benzene rings is 2. The number of amides is 2. The Morgan fingerprint density at radius 3 is 2.56 bits per heavy atom. The fourth-order valence-corrected chi connectivity index (χ4v) is 2.34. The van der Waals surface area contributed by atoms with E-state index in [1.54, 1.807) is 42.3 Å². The first-order chi connectivity index (χ1) is 11.9. The summed E-state index contributed by atoms with van der Waals surface area (Å²) in [5.41, 5.74) is 0.954. The van der Waals surface area contributed by atoms with Gasteiger partial charge in [0.2, 0.25) is 11.8 Å². The maximum Gasteiger partial charge on any atom is 0.238 e. The van der Waals surface area contributed by atoms with E-state index in [9.17, 15) is 14.0 Å². The van der Waals surface area contributed by atoms with Crippen molar-refractivity contribution in [2.24, 2.45) is 0 Å². The molecule has 0 fully saturated rings. The Labute approximate surface area is 150 Å². The van der Waals surface area contributed by atoms with Crippen LogP contribution in [0.1, 0.15) is 6.42 Å². The van der Waals surface area contributed by atoms with Crippen LogP contribution in [-0.4, -0.2) is 36.9 Å². The molecule has 0 bridgehead atoms. The average Bonchev–Trinajstić information content (AvgIpc) is 2.55. The molecule has 25 heavy (non-hydrogen) atoms. The van der Waals surface area contributed by atoms with E-state index in [4.69, 9.17) is 11.6 Å². The molecule has 7 heteroatoms. The Morgan fingerprint density at radius 2 is 1.84 bits per heavy atom. The third-order valence-electron chi connectivity index (χ3n) is 3.39. The van der Waals surface area contributed by atoms with Crippen molar-refractivity contribution >= 4 is 34.8 Å². The number of nitrogens with one attached hydrogen (secondary N) is 2. The Balaban J connectivity index is 1.74. The van der Waals surface area contributed by atoms with E-state index in [0.717, 1.165) is 0 Å². The minimum atomic E-state index is -0.414. The largest absolute Gasteiger partial charge is 0.325 e. The van der Waals surface area contributed by atoms with E-state index in [-0.39, 0.29) is 24.8 Å². The number of rotatable bonds is 7. The number of carbonyl (C=O) groups excluding carboxylic acids is 2. The van der Waals surface area contributed by atoms with Crippen LogP contribution in [0.2, 0.25) is 5.02 Å². The van der Waals surface area contributed by atoms with Gasteiger partial charge in [0.15, 0.2) is 0 Å². The summed E-state index contributed by atoms with van der Waals surface area (Å²) in [5.74, 6) is -0.882. The van der Waals surface area contributed by atoms with Crippen LogP contribution in [0.25, 0.3) is 0 Å². The van der Waals surface area contributed by atoms with Crippen molar-refractivity contribution in [3.8, 4) is 0 Å². The lowest BCUT2D eigenvalue weighted by molar-refractivity contribution is -0.119. The highest BCUT2D eigenvalue weighted by molar-refractivity contribution is 6.33. The molecule has 0 atom stereocenters. The Morgan fingerprint density at radius 1 is 1.08 bits per heavy atom. The molecule has 0 aliphatic rings. The number of anilines is 2. The predicted octanol–water partition coefficient (Wildman–Crippen LogP) is 3.38. The Hall–Kier alpha value is -2.44. The van der Waals surface area contributed by atoms with Gasteiger partial charge in [0.05, 0.1) is 17.3 Å². The van der Waals surface area contributed by atoms with Crippen LogP contribution in [0, 0.1) is 5.82 Å². The lowest BCUT2D eigenvalue weighted by Crippen LogP contribution is -2.32. The molecule has 132 valence electrons. The van der Waals surface area contributed by atoms with E-state index in [0.29, 0.717) is 22.9 Å². The molecule has 0 saturated heterocycles.